The molecule has 3 aromatic carbocycles. The first-order valence-electron chi connectivity index (χ1n) is 12.7. The molecule has 3 amide bonds. The Kier molecular flexibility index (Phi) is 6.28. The summed E-state index contributed by atoms with van der Waals surface area (Å²) in [6.45, 7) is 1.60. The summed E-state index contributed by atoms with van der Waals surface area (Å²) in [4.78, 5) is 52.5. The number of carbonyl (C=O) groups is 3. The molecule has 10 nitrogen and oxygen atoms in total. The van der Waals surface area contributed by atoms with Crippen molar-refractivity contribution >= 4 is 40.4 Å². The van der Waals surface area contributed by atoms with E-state index in [-0.39, 0.29) is 43.2 Å². The molecule has 2 aliphatic rings. The second-order valence-corrected chi connectivity index (χ2v) is 9.57. The van der Waals surface area contributed by atoms with Crippen molar-refractivity contribution in [2.24, 2.45) is 0 Å². The fourth-order valence-corrected chi connectivity index (χ4v) is 5.00. The van der Waals surface area contributed by atoms with Crippen LogP contribution in [0.3, 0.4) is 0 Å². The van der Waals surface area contributed by atoms with Crippen LogP contribution in [0, 0.1) is 0 Å². The van der Waals surface area contributed by atoms with Crippen LogP contribution in [0.1, 0.15) is 27.2 Å². The maximum atomic E-state index is 13.6. The first-order chi connectivity index (χ1) is 19.0. The number of piperazine rings is 1. The normalized spacial score (nSPS) is 15.0. The van der Waals surface area contributed by atoms with Crippen LogP contribution in [0.15, 0.2) is 72.8 Å². The van der Waals surface area contributed by atoms with E-state index in [4.69, 9.17) is 10.5 Å². The molecule has 39 heavy (non-hydrogen) atoms. The lowest BCUT2D eigenvalue weighted by molar-refractivity contribution is -0.120. The zero-order valence-electron chi connectivity index (χ0n) is 21.1. The first-order valence-corrected chi connectivity index (χ1v) is 12.7. The molecule has 0 spiro atoms. The summed E-state index contributed by atoms with van der Waals surface area (Å²) in [5.41, 5.74) is 10.3. The monoisotopic (exact) mass is 522 g/mol. The van der Waals surface area contributed by atoms with Crippen molar-refractivity contribution in [3.63, 3.8) is 0 Å². The number of carbonyl (C=O) groups excluding carboxylic acids is 3. The van der Waals surface area contributed by atoms with Gasteiger partial charge in [0.25, 0.3) is 5.91 Å². The molecule has 0 unspecified atom stereocenters. The molecule has 0 bridgehead atoms. The maximum Gasteiger partial charge on any atom is 0.410 e. The smallest absolute Gasteiger partial charge is 0.410 e. The Balaban J connectivity index is 1.19. The van der Waals surface area contributed by atoms with E-state index in [1.54, 1.807) is 28.0 Å². The maximum absolute atomic E-state index is 13.6. The van der Waals surface area contributed by atoms with Crippen LogP contribution in [0.5, 0.6) is 0 Å². The number of nitrogens with two attached hydrogens (primary N) is 1. The van der Waals surface area contributed by atoms with Crippen molar-refractivity contribution in [2.45, 2.75) is 19.7 Å². The Labute approximate surface area is 224 Å². The molecule has 2 N–H and O–H groups in total. The number of hydrogen-bond donors (Lipinski definition) is 1. The number of nitrogen functional groups attached to an aromatic ring is 1. The van der Waals surface area contributed by atoms with Gasteiger partial charge in [-0.05, 0) is 34.9 Å². The first kappa shape index (κ1) is 24.4. The number of ether oxygens (including phenoxy) is 1. The lowest BCUT2D eigenvalue weighted by Crippen LogP contribution is -2.52. The molecule has 0 saturated carbocycles. The van der Waals surface area contributed by atoms with E-state index in [1.807, 2.05) is 54.6 Å². The zero-order valence-corrected chi connectivity index (χ0v) is 21.1. The minimum absolute atomic E-state index is 0.00835. The van der Waals surface area contributed by atoms with Gasteiger partial charge in [0.2, 0.25) is 11.9 Å². The molecule has 0 atom stereocenters. The molecule has 1 fully saturated rings. The fraction of sp³-hybridized carbons (Fsp3) is 0.207. The lowest BCUT2D eigenvalue weighted by Gasteiger charge is -2.33. The topological polar surface area (TPSA) is 122 Å². The van der Waals surface area contributed by atoms with E-state index in [0.717, 1.165) is 16.7 Å². The highest BCUT2D eigenvalue weighted by molar-refractivity contribution is 6.07. The van der Waals surface area contributed by atoms with Gasteiger partial charge in [-0.25, -0.2) is 14.8 Å². The van der Waals surface area contributed by atoms with Gasteiger partial charge >= 0.3 is 6.09 Å². The highest BCUT2D eigenvalue weighted by Crippen LogP contribution is 2.29. The number of amides is 3. The molecule has 1 saturated heterocycles. The average molecular weight is 523 g/mol. The summed E-state index contributed by atoms with van der Waals surface area (Å²) in [6, 6.07) is 22.5. The molecule has 196 valence electrons. The Hall–Kier alpha value is -4.99. The van der Waals surface area contributed by atoms with Crippen LogP contribution < -0.4 is 10.6 Å². The van der Waals surface area contributed by atoms with E-state index >= 15 is 0 Å². The molecule has 4 aromatic rings. The van der Waals surface area contributed by atoms with Gasteiger partial charge in [-0.2, -0.15) is 0 Å². The van der Waals surface area contributed by atoms with E-state index in [2.05, 4.69) is 9.97 Å². The molecule has 3 heterocycles. The van der Waals surface area contributed by atoms with Crippen molar-refractivity contribution in [2.75, 3.05) is 30.3 Å². The lowest BCUT2D eigenvalue weighted by atomic mass is 10.1. The predicted molar refractivity (Wildman–Crippen MR) is 145 cm³/mol. The minimum Gasteiger partial charge on any atom is -0.445 e. The molecule has 0 aliphatic carbocycles. The third kappa shape index (κ3) is 4.84. The number of hydrogen-bond acceptors (Lipinski definition) is 7. The van der Waals surface area contributed by atoms with Gasteiger partial charge in [0.05, 0.1) is 5.52 Å². The predicted octanol–water partition coefficient (Wildman–Crippen LogP) is 3.35. The standard InChI is InChI=1S/C29H26N6O4/c30-28-31-24-11-10-22(14-23(24)26(32-28)27(37)34-15-20-8-4-5-9-21(20)16-34)35-13-12-33(17-25(35)36)29(38)39-18-19-6-2-1-3-7-19/h1-11,14H,12-13,15-18H2,(H2,30,31,32). The number of aromatic nitrogens is 2. The molecular formula is C29H26N6O4. The van der Waals surface area contributed by atoms with Crippen LogP contribution in [0.4, 0.5) is 16.4 Å². The van der Waals surface area contributed by atoms with Crippen LogP contribution in [0.2, 0.25) is 0 Å². The summed E-state index contributed by atoms with van der Waals surface area (Å²) in [5, 5.41) is 0.514. The molecule has 2 aliphatic heterocycles. The Morgan fingerprint density at radius 1 is 0.846 bits per heavy atom. The van der Waals surface area contributed by atoms with Crippen molar-refractivity contribution in [1.29, 1.82) is 0 Å². The molecular weight excluding hydrogens is 496 g/mol. The van der Waals surface area contributed by atoms with Gasteiger partial charge in [-0.1, -0.05) is 54.6 Å². The van der Waals surface area contributed by atoms with Crippen LogP contribution in [0.25, 0.3) is 10.9 Å². The molecule has 0 radical (unpaired) electrons. The van der Waals surface area contributed by atoms with Gasteiger partial charge < -0.3 is 20.3 Å². The van der Waals surface area contributed by atoms with Gasteiger partial charge in [-0.15, -0.1) is 0 Å². The van der Waals surface area contributed by atoms with Gasteiger partial charge in [-0.3, -0.25) is 14.5 Å². The second-order valence-electron chi connectivity index (χ2n) is 9.57. The third-order valence-electron chi connectivity index (χ3n) is 7.02. The Morgan fingerprint density at radius 2 is 1.56 bits per heavy atom. The van der Waals surface area contributed by atoms with Gasteiger partial charge in [0.1, 0.15) is 18.8 Å². The van der Waals surface area contributed by atoms with E-state index < -0.39 is 6.09 Å². The molecule has 10 heteroatoms. The highest BCUT2D eigenvalue weighted by Gasteiger charge is 2.30. The summed E-state index contributed by atoms with van der Waals surface area (Å²) in [5.74, 6) is -0.495. The molecule has 6 rings (SSSR count). The second kappa shape index (κ2) is 10.1. The number of nitrogens with zero attached hydrogens (tertiary/aromatic N) is 5. The van der Waals surface area contributed by atoms with E-state index in [0.29, 0.717) is 36.2 Å². The van der Waals surface area contributed by atoms with Gasteiger partial charge in [0, 0.05) is 37.3 Å². The number of benzene rings is 3. The quantitative estimate of drug-likeness (QED) is 0.436. The summed E-state index contributed by atoms with van der Waals surface area (Å²) in [7, 11) is 0. The average Bonchev–Trinajstić information content (AvgIpc) is 3.40. The van der Waals surface area contributed by atoms with Crippen molar-refractivity contribution in [1.82, 2.24) is 19.8 Å². The Morgan fingerprint density at radius 3 is 2.28 bits per heavy atom. The van der Waals surface area contributed by atoms with Crippen molar-refractivity contribution in [3.8, 4) is 0 Å². The summed E-state index contributed by atoms with van der Waals surface area (Å²) in [6.07, 6.45) is -0.534. The van der Waals surface area contributed by atoms with Crippen molar-refractivity contribution < 1.29 is 19.1 Å². The largest absolute Gasteiger partial charge is 0.445 e. The van der Waals surface area contributed by atoms with E-state index in [1.165, 1.54) is 4.90 Å². The third-order valence-corrected chi connectivity index (χ3v) is 7.02. The van der Waals surface area contributed by atoms with Crippen LogP contribution in [-0.4, -0.2) is 57.3 Å². The van der Waals surface area contributed by atoms with Crippen molar-refractivity contribution in [3.05, 3.63) is 95.2 Å². The van der Waals surface area contributed by atoms with E-state index in [9.17, 15) is 14.4 Å². The number of fused-ring (bicyclic) bond motifs is 2. The SMILES string of the molecule is Nc1nc(C(=O)N2Cc3ccccc3C2)c2cc(N3CCN(C(=O)OCc4ccccc4)CC3=O)ccc2n1. The zero-order chi connectivity index (χ0) is 26.9. The number of anilines is 2. The highest BCUT2D eigenvalue weighted by atomic mass is 16.6. The Bertz CT molecular complexity index is 1570. The fourth-order valence-electron chi connectivity index (χ4n) is 5.00. The van der Waals surface area contributed by atoms with Crippen LogP contribution in [-0.2, 0) is 29.2 Å². The minimum atomic E-state index is -0.534. The summed E-state index contributed by atoms with van der Waals surface area (Å²) >= 11 is 0. The van der Waals surface area contributed by atoms with Crippen LogP contribution >= 0.6 is 0 Å². The summed E-state index contributed by atoms with van der Waals surface area (Å²) < 4.78 is 5.39. The number of rotatable bonds is 4. The molecule has 1 aromatic heterocycles. The van der Waals surface area contributed by atoms with Gasteiger partial charge in [0.15, 0.2) is 0 Å².